The molecule has 2 unspecified atom stereocenters. The quantitative estimate of drug-likeness (QED) is 0.746. The highest BCUT2D eigenvalue weighted by atomic mass is 16.4. The zero-order chi connectivity index (χ0) is 19.3. The number of likely N-dealkylation sites (N-methyl/N-ethyl adjacent to an activating group) is 1. The number of benzene rings is 1. The van der Waals surface area contributed by atoms with Crippen LogP contribution in [-0.2, 0) is 16.1 Å². The Hall–Kier alpha value is -3.23. The second kappa shape index (κ2) is 8.24. The minimum atomic E-state index is -1.03. The fourth-order valence-electron chi connectivity index (χ4n) is 2.27. The molecule has 1 aromatic carbocycles. The topological polar surface area (TPSA) is 117 Å². The van der Waals surface area contributed by atoms with Gasteiger partial charge in [-0.05, 0) is 12.5 Å². The first-order valence-electron chi connectivity index (χ1n) is 7.98. The maximum absolute atomic E-state index is 12.5. The molecule has 0 saturated heterocycles. The van der Waals surface area contributed by atoms with Crippen molar-refractivity contribution in [3.63, 3.8) is 0 Å². The monoisotopic (exact) mass is 359 g/mol. The van der Waals surface area contributed by atoms with Crippen LogP contribution in [0.15, 0.2) is 36.5 Å². The van der Waals surface area contributed by atoms with Gasteiger partial charge < -0.3 is 15.3 Å². The van der Waals surface area contributed by atoms with Crippen LogP contribution in [0.2, 0.25) is 0 Å². The molecule has 1 aromatic heterocycles. The summed E-state index contributed by atoms with van der Waals surface area (Å²) < 4.78 is 1.26. The minimum Gasteiger partial charge on any atom is -0.481 e. The fraction of sp³-hybridized carbons (Fsp3) is 0.353. The molecule has 0 fully saturated rings. The Morgan fingerprint density at radius 1 is 1.23 bits per heavy atom. The van der Waals surface area contributed by atoms with Crippen LogP contribution in [0.1, 0.15) is 29.0 Å². The molecule has 9 heteroatoms. The Balaban J connectivity index is 2.16. The zero-order valence-corrected chi connectivity index (χ0v) is 14.8. The first-order valence-corrected chi connectivity index (χ1v) is 7.98. The molecule has 138 valence electrons. The molecule has 0 spiro atoms. The average Bonchev–Trinajstić information content (AvgIpc) is 3.08. The van der Waals surface area contributed by atoms with E-state index in [0.29, 0.717) is 5.56 Å². The fourth-order valence-corrected chi connectivity index (χ4v) is 2.27. The van der Waals surface area contributed by atoms with Crippen molar-refractivity contribution in [1.29, 1.82) is 0 Å². The third-order valence-corrected chi connectivity index (χ3v) is 3.90. The van der Waals surface area contributed by atoms with Crippen molar-refractivity contribution in [2.45, 2.75) is 19.5 Å². The predicted molar refractivity (Wildman–Crippen MR) is 92.2 cm³/mol. The maximum Gasteiger partial charge on any atom is 0.308 e. The Kier molecular flexibility index (Phi) is 6.05. The van der Waals surface area contributed by atoms with E-state index in [2.05, 4.69) is 15.6 Å². The SMILES string of the molecule is CC(C(=O)O)C(NC(=O)c1cn(CC(=O)N(C)C)nn1)c1ccccc1. The molecule has 26 heavy (non-hydrogen) atoms. The number of amides is 2. The van der Waals surface area contributed by atoms with Gasteiger partial charge in [0, 0.05) is 14.1 Å². The molecule has 1 heterocycles. The molecule has 2 amide bonds. The van der Waals surface area contributed by atoms with Gasteiger partial charge in [0.2, 0.25) is 5.91 Å². The first kappa shape index (κ1) is 19.1. The number of hydrogen-bond acceptors (Lipinski definition) is 5. The van der Waals surface area contributed by atoms with Crippen LogP contribution >= 0.6 is 0 Å². The number of carboxylic acids is 1. The molecule has 2 N–H and O–H groups in total. The van der Waals surface area contributed by atoms with Gasteiger partial charge in [-0.15, -0.1) is 5.10 Å². The third kappa shape index (κ3) is 4.65. The third-order valence-electron chi connectivity index (χ3n) is 3.90. The lowest BCUT2D eigenvalue weighted by Gasteiger charge is -2.22. The van der Waals surface area contributed by atoms with E-state index >= 15 is 0 Å². The highest BCUT2D eigenvalue weighted by Crippen LogP contribution is 2.22. The lowest BCUT2D eigenvalue weighted by atomic mass is 9.94. The van der Waals surface area contributed by atoms with Crippen LogP contribution in [0.3, 0.4) is 0 Å². The molecule has 2 atom stereocenters. The van der Waals surface area contributed by atoms with Gasteiger partial charge in [0.05, 0.1) is 18.2 Å². The van der Waals surface area contributed by atoms with Gasteiger partial charge in [0.1, 0.15) is 6.54 Å². The van der Waals surface area contributed by atoms with E-state index in [1.165, 1.54) is 22.7 Å². The molecule has 0 bridgehead atoms. The molecule has 0 radical (unpaired) electrons. The Morgan fingerprint density at radius 3 is 2.46 bits per heavy atom. The van der Waals surface area contributed by atoms with E-state index < -0.39 is 23.8 Å². The van der Waals surface area contributed by atoms with Crippen LogP contribution in [0.4, 0.5) is 0 Å². The van der Waals surface area contributed by atoms with Gasteiger partial charge in [-0.2, -0.15) is 0 Å². The highest BCUT2D eigenvalue weighted by Gasteiger charge is 2.28. The first-order chi connectivity index (χ1) is 12.3. The summed E-state index contributed by atoms with van der Waals surface area (Å²) in [5, 5.41) is 19.5. The lowest BCUT2D eigenvalue weighted by Crippen LogP contribution is -2.35. The van der Waals surface area contributed by atoms with E-state index in [1.807, 2.05) is 0 Å². The highest BCUT2D eigenvalue weighted by molar-refractivity contribution is 5.92. The molecular formula is C17H21N5O4. The number of rotatable bonds is 7. The number of aromatic nitrogens is 3. The number of carboxylic acid groups (broad SMARTS) is 1. The van der Waals surface area contributed by atoms with Crippen molar-refractivity contribution >= 4 is 17.8 Å². The lowest BCUT2D eigenvalue weighted by molar-refractivity contribution is -0.142. The maximum atomic E-state index is 12.5. The number of hydrogen-bond donors (Lipinski definition) is 2. The number of nitrogens with one attached hydrogen (secondary N) is 1. The number of aliphatic carboxylic acids is 1. The molecular weight excluding hydrogens is 338 g/mol. The molecule has 0 aliphatic heterocycles. The molecule has 2 aromatic rings. The van der Waals surface area contributed by atoms with Crippen LogP contribution in [-0.4, -0.2) is 56.9 Å². The molecule has 0 aliphatic rings. The summed E-state index contributed by atoms with van der Waals surface area (Å²) in [6.07, 6.45) is 1.35. The van der Waals surface area contributed by atoms with E-state index in [9.17, 15) is 19.5 Å². The van der Waals surface area contributed by atoms with Gasteiger partial charge >= 0.3 is 5.97 Å². The van der Waals surface area contributed by atoms with Gasteiger partial charge in [-0.3, -0.25) is 14.4 Å². The summed E-state index contributed by atoms with van der Waals surface area (Å²) in [4.78, 5) is 37.0. The van der Waals surface area contributed by atoms with Gasteiger partial charge in [-0.1, -0.05) is 35.5 Å². The van der Waals surface area contributed by atoms with Crippen molar-refractivity contribution < 1.29 is 19.5 Å². The summed E-state index contributed by atoms with van der Waals surface area (Å²) in [6, 6.07) is 8.11. The molecule has 0 aliphatic carbocycles. The Labute approximate surface area is 150 Å². The summed E-state index contributed by atoms with van der Waals surface area (Å²) in [5.74, 6) is -2.62. The van der Waals surface area contributed by atoms with Crippen molar-refractivity contribution in [3.05, 3.63) is 47.8 Å². The summed E-state index contributed by atoms with van der Waals surface area (Å²) >= 11 is 0. The van der Waals surface area contributed by atoms with Crippen LogP contribution in [0.25, 0.3) is 0 Å². The Morgan fingerprint density at radius 2 is 1.88 bits per heavy atom. The van der Waals surface area contributed by atoms with E-state index in [-0.39, 0.29) is 18.1 Å². The number of carbonyl (C=O) groups is 3. The summed E-state index contributed by atoms with van der Waals surface area (Å²) in [5.41, 5.74) is 0.681. The minimum absolute atomic E-state index is 0.00933. The standard InChI is InChI=1S/C17H21N5O4/c1-11(17(25)26)15(12-7-5-4-6-8-12)18-16(24)13-9-22(20-19-13)10-14(23)21(2)3/h4-9,11,15H,10H2,1-3H3,(H,18,24)(H,25,26). The van der Waals surface area contributed by atoms with Crippen LogP contribution < -0.4 is 5.32 Å². The molecule has 2 rings (SSSR count). The van der Waals surface area contributed by atoms with Crippen LogP contribution in [0.5, 0.6) is 0 Å². The number of carbonyl (C=O) groups excluding carboxylic acids is 2. The van der Waals surface area contributed by atoms with Crippen molar-refractivity contribution in [1.82, 2.24) is 25.2 Å². The molecule has 9 nitrogen and oxygen atoms in total. The predicted octanol–water partition coefficient (Wildman–Crippen LogP) is 0.558. The van der Waals surface area contributed by atoms with Gasteiger partial charge in [0.25, 0.3) is 5.91 Å². The summed E-state index contributed by atoms with van der Waals surface area (Å²) in [6.45, 7) is 1.48. The van der Waals surface area contributed by atoms with E-state index in [4.69, 9.17) is 0 Å². The van der Waals surface area contributed by atoms with Crippen molar-refractivity contribution in [2.24, 2.45) is 5.92 Å². The van der Waals surface area contributed by atoms with E-state index in [0.717, 1.165) is 0 Å². The van der Waals surface area contributed by atoms with Gasteiger partial charge in [-0.25, -0.2) is 4.68 Å². The smallest absolute Gasteiger partial charge is 0.308 e. The Bertz CT molecular complexity index is 787. The average molecular weight is 359 g/mol. The van der Waals surface area contributed by atoms with Crippen molar-refractivity contribution in [2.75, 3.05) is 14.1 Å². The van der Waals surface area contributed by atoms with E-state index in [1.54, 1.807) is 44.4 Å². The van der Waals surface area contributed by atoms with Gasteiger partial charge in [0.15, 0.2) is 5.69 Å². The normalized spacial score (nSPS) is 12.9. The van der Waals surface area contributed by atoms with Crippen LogP contribution in [0, 0.1) is 5.92 Å². The zero-order valence-electron chi connectivity index (χ0n) is 14.8. The largest absolute Gasteiger partial charge is 0.481 e. The second-order valence-corrected chi connectivity index (χ2v) is 6.08. The molecule has 0 saturated carbocycles. The summed E-state index contributed by atoms with van der Waals surface area (Å²) in [7, 11) is 3.23. The number of nitrogens with zero attached hydrogens (tertiary/aromatic N) is 4. The van der Waals surface area contributed by atoms with Crippen molar-refractivity contribution in [3.8, 4) is 0 Å². The second-order valence-electron chi connectivity index (χ2n) is 6.08.